The van der Waals surface area contributed by atoms with Gasteiger partial charge in [-0.1, -0.05) is 0 Å². The normalized spacial score (nSPS) is 17.4. The molecule has 7 nitrogen and oxygen atoms in total. The highest BCUT2D eigenvalue weighted by Gasteiger charge is 2.17. The average molecular weight is 286 g/mol. The Kier molecular flexibility index (Phi) is 4.35. The van der Waals surface area contributed by atoms with E-state index in [-0.39, 0.29) is 4.90 Å². The molecule has 1 aromatic rings. The van der Waals surface area contributed by atoms with Crippen molar-refractivity contribution in [3.8, 4) is 0 Å². The van der Waals surface area contributed by atoms with E-state index in [9.17, 15) is 8.42 Å². The van der Waals surface area contributed by atoms with E-state index >= 15 is 0 Å². The zero-order valence-electron chi connectivity index (χ0n) is 10.5. The van der Waals surface area contributed by atoms with Gasteiger partial charge in [0, 0.05) is 26.0 Å². The Morgan fingerprint density at radius 3 is 2.68 bits per heavy atom. The maximum Gasteiger partial charge on any atom is 0.239 e. The molecule has 0 atom stereocenters. The number of nitrogens with zero attached hydrogens (tertiary/aromatic N) is 2. The average Bonchev–Trinajstić information content (AvgIpc) is 2.39. The molecule has 1 fully saturated rings. The number of anilines is 1. The Balaban J connectivity index is 2.08. The van der Waals surface area contributed by atoms with Gasteiger partial charge < -0.3 is 9.75 Å². The Morgan fingerprint density at radius 2 is 2.05 bits per heavy atom. The first-order valence-corrected chi connectivity index (χ1v) is 7.59. The molecule has 1 aliphatic rings. The molecule has 0 spiro atoms. The first-order valence-electron chi connectivity index (χ1n) is 6.04. The van der Waals surface area contributed by atoms with Gasteiger partial charge in [0.15, 0.2) is 0 Å². The number of pyridine rings is 1. The van der Waals surface area contributed by atoms with Crippen LogP contribution in [-0.4, -0.2) is 33.2 Å². The molecule has 2 heterocycles. The number of primary sulfonamides is 1. The third-order valence-corrected chi connectivity index (χ3v) is 4.03. The molecule has 106 valence electrons. The molecule has 0 aliphatic carbocycles. The third kappa shape index (κ3) is 3.87. The highest BCUT2D eigenvalue weighted by molar-refractivity contribution is 7.89. The molecule has 1 saturated heterocycles. The van der Waals surface area contributed by atoms with Crippen LogP contribution in [0.5, 0.6) is 0 Å². The van der Waals surface area contributed by atoms with Crippen molar-refractivity contribution in [1.29, 1.82) is 0 Å². The molecular formula is C11H18N4O3S. The quantitative estimate of drug-likeness (QED) is 0.587. The van der Waals surface area contributed by atoms with Crippen LogP contribution in [0.1, 0.15) is 12.8 Å². The second-order valence-corrected chi connectivity index (χ2v) is 6.19. The fourth-order valence-corrected chi connectivity index (χ4v) is 2.53. The predicted molar refractivity (Wildman–Crippen MR) is 70.7 cm³/mol. The van der Waals surface area contributed by atoms with Gasteiger partial charge in [0.05, 0.1) is 11.9 Å². The number of sulfonamides is 1. The van der Waals surface area contributed by atoms with Gasteiger partial charge in [-0.15, -0.1) is 0 Å². The summed E-state index contributed by atoms with van der Waals surface area (Å²) in [4.78, 5) is 3.82. The number of nitrogens with two attached hydrogens (primary N) is 2. The van der Waals surface area contributed by atoms with E-state index in [1.807, 2.05) is 0 Å². The standard InChI is InChI=1S/C11H18N4O3S/c12-15(8-9-1-3-18-4-2-9)10-5-11(7-14-6-10)19(13,16)17/h5-7,9H,1-4,8,12H2,(H2,13,16,17). The summed E-state index contributed by atoms with van der Waals surface area (Å²) in [7, 11) is -3.76. The number of hydrazine groups is 1. The maximum absolute atomic E-state index is 11.3. The van der Waals surface area contributed by atoms with E-state index in [4.69, 9.17) is 15.7 Å². The maximum atomic E-state index is 11.3. The second-order valence-electron chi connectivity index (χ2n) is 4.63. The topological polar surface area (TPSA) is 112 Å². The fourth-order valence-electron chi connectivity index (χ4n) is 2.03. The second kappa shape index (κ2) is 5.83. The van der Waals surface area contributed by atoms with Gasteiger partial charge >= 0.3 is 0 Å². The molecular weight excluding hydrogens is 268 g/mol. The minimum Gasteiger partial charge on any atom is -0.381 e. The molecule has 0 unspecified atom stereocenters. The minimum absolute atomic E-state index is 0.0348. The summed E-state index contributed by atoms with van der Waals surface area (Å²) in [6.45, 7) is 2.13. The summed E-state index contributed by atoms with van der Waals surface area (Å²) in [5, 5.41) is 6.58. The number of hydrogen-bond donors (Lipinski definition) is 2. The van der Waals surface area contributed by atoms with E-state index in [1.165, 1.54) is 23.5 Å². The lowest BCUT2D eigenvalue weighted by Gasteiger charge is -2.27. The van der Waals surface area contributed by atoms with Crippen molar-refractivity contribution >= 4 is 15.7 Å². The predicted octanol–water partition coefficient (Wildman–Crippen LogP) is -0.164. The van der Waals surface area contributed by atoms with E-state index < -0.39 is 10.0 Å². The van der Waals surface area contributed by atoms with E-state index in [2.05, 4.69) is 4.98 Å². The zero-order chi connectivity index (χ0) is 13.9. The highest BCUT2D eigenvalue weighted by atomic mass is 32.2. The fraction of sp³-hybridized carbons (Fsp3) is 0.545. The SMILES string of the molecule is NN(CC1CCOCC1)c1cncc(S(N)(=O)=O)c1. The molecule has 8 heteroatoms. The van der Waals surface area contributed by atoms with Crippen LogP contribution in [0.4, 0.5) is 5.69 Å². The third-order valence-electron chi connectivity index (χ3n) is 3.15. The van der Waals surface area contributed by atoms with Crippen LogP contribution in [0, 0.1) is 5.92 Å². The minimum atomic E-state index is -3.76. The summed E-state index contributed by atoms with van der Waals surface area (Å²) in [5.74, 6) is 6.40. The smallest absolute Gasteiger partial charge is 0.239 e. The first-order chi connectivity index (χ1) is 8.97. The molecule has 19 heavy (non-hydrogen) atoms. The van der Waals surface area contributed by atoms with Crippen LogP contribution in [0.25, 0.3) is 0 Å². The van der Waals surface area contributed by atoms with Gasteiger partial charge in [0.2, 0.25) is 10.0 Å². The molecule has 1 aromatic heterocycles. The van der Waals surface area contributed by atoms with Crippen molar-refractivity contribution in [2.75, 3.05) is 24.8 Å². The summed E-state index contributed by atoms with van der Waals surface area (Å²) < 4.78 is 27.8. The largest absolute Gasteiger partial charge is 0.381 e. The lowest BCUT2D eigenvalue weighted by molar-refractivity contribution is 0.0682. The molecule has 0 radical (unpaired) electrons. The zero-order valence-corrected chi connectivity index (χ0v) is 11.3. The van der Waals surface area contributed by atoms with Crippen LogP contribution >= 0.6 is 0 Å². The van der Waals surface area contributed by atoms with Crippen molar-refractivity contribution < 1.29 is 13.2 Å². The monoisotopic (exact) mass is 286 g/mol. The van der Waals surface area contributed by atoms with Crippen LogP contribution in [0.15, 0.2) is 23.4 Å². The molecule has 0 bridgehead atoms. The van der Waals surface area contributed by atoms with Gasteiger partial charge in [0.1, 0.15) is 4.90 Å². The summed E-state index contributed by atoms with van der Waals surface area (Å²) >= 11 is 0. The Morgan fingerprint density at radius 1 is 1.37 bits per heavy atom. The lowest BCUT2D eigenvalue weighted by Crippen LogP contribution is -2.37. The van der Waals surface area contributed by atoms with Crippen molar-refractivity contribution in [3.63, 3.8) is 0 Å². The number of hydrogen-bond acceptors (Lipinski definition) is 6. The molecule has 0 aromatic carbocycles. The van der Waals surface area contributed by atoms with E-state index in [0.717, 1.165) is 26.1 Å². The van der Waals surface area contributed by atoms with Crippen LogP contribution in [0.2, 0.25) is 0 Å². The molecule has 2 rings (SSSR count). The van der Waals surface area contributed by atoms with Crippen molar-refractivity contribution in [3.05, 3.63) is 18.5 Å². The van der Waals surface area contributed by atoms with Gasteiger partial charge in [-0.2, -0.15) is 0 Å². The van der Waals surface area contributed by atoms with Crippen LogP contribution < -0.4 is 16.0 Å². The summed E-state index contributed by atoms with van der Waals surface area (Å²) in [6.07, 6.45) is 4.64. The molecule has 4 N–H and O–H groups in total. The number of rotatable bonds is 4. The van der Waals surface area contributed by atoms with Gasteiger partial charge in [-0.25, -0.2) is 19.4 Å². The summed E-state index contributed by atoms with van der Waals surface area (Å²) in [5.41, 5.74) is 0.540. The lowest BCUT2D eigenvalue weighted by atomic mass is 10.0. The van der Waals surface area contributed by atoms with Gasteiger partial charge in [-0.3, -0.25) is 4.98 Å². The van der Waals surface area contributed by atoms with Crippen molar-refractivity contribution in [2.24, 2.45) is 16.9 Å². The van der Waals surface area contributed by atoms with Gasteiger partial charge in [-0.05, 0) is 24.8 Å². The Hall–Kier alpha value is -1.22. The number of aromatic nitrogens is 1. The van der Waals surface area contributed by atoms with Crippen LogP contribution in [0.3, 0.4) is 0 Å². The molecule has 0 amide bonds. The molecule has 1 aliphatic heterocycles. The number of ether oxygens (including phenoxy) is 1. The highest BCUT2D eigenvalue weighted by Crippen LogP contribution is 2.20. The summed E-state index contributed by atoms with van der Waals surface area (Å²) in [6, 6.07) is 1.43. The Bertz CT molecular complexity index is 528. The van der Waals surface area contributed by atoms with Gasteiger partial charge in [0.25, 0.3) is 0 Å². The van der Waals surface area contributed by atoms with E-state index in [0.29, 0.717) is 18.2 Å². The van der Waals surface area contributed by atoms with Crippen molar-refractivity contribution in [1.82, 2.24) is 4.98 Å². The van der Waals surface area contributed by atoms with Crippen LogP contribution in [-0.2, 0) is 14.8 Å². The van der Waals surface area contributed by atoms with Crippen molar-refractivity contribution in [2.45, 2.75) is 17.7 Å². The van der Waals surface area contributed by atoms with E-state index in [1.54, 1.807) is 0 Å². The first kappa shape index (κ1) is 14.2. The molecule has 0 saturated carbocycles. The Labute approximate surface area is 112 Å².